The van der Waals surface area contributed by atoms with E-state index >= 15 is 0 Å². The van der Waals surface area contributed by atoms with Gasteiger partial charge in [-0.25, -0.2) is 13.1 Å². The molecule has 0 saturated heterocycles. The minimum Gasteiger partial charge on any atom is -0.326 e. The number of aryl methyl sites for hydroxylation is 1. The summed E-state index contributed by atoms with van der Waals surface area (Å²) in [5.41, 5.74) is 2.25. The van der Waals surface area contributed by atoms with Gasteiger partial charge in [0.1, 0.15) is 6.54 Å². The molecule has 0 aliphatic carbocycles. The van der Waals surface area contributed by atoms with Gasteiger partial charge < -0.3 is 10.2 Å². The van der Waals surface area contributed by atoms with Crippen LogP contribution in [-0.2, 0) is 21.4 Å². The number of hydrogen-bond donors (Lipinski definition) is 3. The molecule has 0 aliphatic rings. The predicted molar refractivity (Wildman–Crippen MR) is 115 cm³/mol. The summed E-state index contributed by atoms with van der Waals surface area (Å²) in [6, 6.07) is 19.4. The number of hydrogen-bond acceptors (Lipinski definition) is 3. The predicted octanol–water partition coefficient (Wildman–Crippen LogP) is 1.71. The van der Waals surface area contributed by atoms with E-state index in [1.54, 1.807) is 19.1 Å². The van der Waals surface area contributed by atoms with Crippen LogP contribution in [-0.4, -0.2) is 35.0 Å². The maximum Gasteiger partial charge on any atom is 0.279 e. The van der Waals surface area contributed by atoms with E-state index in [1.165, 1.54) is 23.9 Å². The SMILES string of the molecule is CNS(=O)(=O)c1cc(NC(=O)C[NH+](C)Cc2ccc3ccccc3c2)ccc1C. The molecular weight excluding hydrogens is 386 g/mol. The van der Waals surface area contributed by atoms with Gasteiger partial charge in [0, 0.05) is 11.3 Å². The fourth-order valence-electron chi connectivity index (χ4n) is 3.32. The molecular formula is C22H26N3O3S+. The summed E-state index contributed by atoms with van der Waals surface area (Å²) in [4.78, 5) is 13.6. The Morgan fingerprint density at radius 2 is 1.72 bits per heavy atom. The number of nitrogens with one attached hydrogen (secondary N) is 3. The number of amides is 1. The Bertz CT molecular complexity index is 1140. The zero-order valence-electron chi connectivity index (χ0n) is 16.8. The molecule has 29 heavy (non-hydrogen) atoms. The van der Waals surface area contributed by atoms with Crippen molar-refractivity contribution in [2.45, 2.75) is 18.4 Å². The molecule has 3 rings (SSSR count). The van der Waals surface area contributed by atoms with Crippen LogP contribution in [0.2, 0.25) is 0 Å². The summed E-state index contributed by atoms with van der Waals surface area (Å²) < 4.78 is 26.5. The standard InChI is InChI=1S/C22H25N3O3S/c1-16-8-11-20(13-21(16)29(27,28)23-2)24-22(26)15-25(3)14-17-9-10-18-6-4-5-7-19(18)12-17/h4-13,23H,14-15H2,1-3H3,(H,24,26)/p+1. The monoisotopic (exact) mass is 412 g/mol. The van der Waals surface area contributed by atoms with Crippen molar-refractivity contribution in [1.29, 1.82) is 0 Å². The van der Waals surface area contributed by atoms with Crippen molar-refractivity contribution in [1.82, 2.24) is 4.72 Å². The second-order valence-corrected chi connectivity index (χ2v) is 9.08. The number of anilines is 1. The van der Waals surface area contributed by atoms with E-state index in [0.717, 1.165) is 10.5 Å². The molecule has 3 aromatic rings. The molecule has 0 radical (unpaired) electrons. The molecule has 0 fully saturated rings. The smallest absolute Gasteiger partial charge is 0.279 e. The first-order valence-electron chi connectivity index (χ1n) is 9.41. The zero-order valence-corrected chi connectivity index (χ0v) is 17.6. The highest BCUT2D eigenvalue weighted by Crippen LogP contribution is 2.20. The third kappa shape index (κ3) is 5.20. The fourth-order valence-corrected chi connectivity index (χ4v) is 4.31. The number of fused-ring (bicyclic) bond motifs is 1. The number of likely N-dealkylation sites (N-methyl/N-ethyl adjacent to an activating group) is 1. The number of benzene rings is 3. The number of rotatable bonds is 7. The quantitative estimate of drug-likeness (QED) is 0.553. The van der Waals surface area contributed by atoms with E-state index in [-0.39, 0.29) is 17.3 Å². The van der Waals surface area contributed by atoms with Crippen molar-refractivity contribution >= 4 is 32.4 Å². The molecule has 1 amide bonds. The summed E-state index contributed by atoms with van der Waals surface area (Å²) in [6.07, 6.45) is 0. The lowest BCUT2D eigenvalue weighted by Gasteiger charge is -2.15. The van der Waals surface area contributed by atoms with Crippen molar-refractivity contribution < 1.29 is 18.1 Å². The van der Waals surface area contributed by atoms with Crippen molar-refractivity contribution in [2.75, 3.05) is 26.0 Å². The third-order valence-corrected chi connectivity index (χ3v) is 6.37. The fraction of sp³-hybridized carbons (Fsp3) is 0.227. The second kappa shape index (κ2) is 8.73. The maximum absolute atomic E-state index is 12.4. The lowest BCUT2D eigenvalue weighted by Crippen LogP contribution is -3.08. The molecule has 0 heterocycles. The molecule has 152 valence electrons. The van der Waals surface area contributed by atoms with Crippen LogP contribution in [0.3, 0.4) is 0 Å². The number of quaternary nitrogens is 1. The lowest BCUT2D eigenvalue weighted by molar-refractivity contribution is -0.885. The van der Waals surface area contributed by atoms with Gasteiger partial charge in [0.25, 0.3) is 5.91 Å². The summed E-state index contributed by atoms with van der Waals surface area (Å²) in [7, 11) is -0.250. The summed E-state index contributed by atoms with van der Waals surface area (Å²) >= 11 is 0. The first-order chi connectivity index (χ1) is 13.8. The van der Waals surface area contributed by atoms with Crippen LogP contribution in [0.4, 0.5) is 5.69 Å². The molecule has 0 aromatic heterocycles. The molecule has 1 atom stereocenters. The van der Waals surface area contributed by atoms with E-state index in [9.17, 15) is 13.2 Å². The van der Waals surface area contributed by atoms with Gasteiger partial charge >= 0.3 is 0 Å². The molecule has 3 N–H and O–H groups in total. The van der Waals surface area contributed by atoms with Crippen LogP contribution in [0.5, 0.6) is 0 Å². The van der Waals surface area contributed by atoms with Crippen LogP contribution < -0.4 is 14.9 Å². The van der Waals surface area contributed by atoms with E-state index in [1.807, 2.05) is 19.2 Å². The van der Waals surface area contributed by atoms with Gasteiger partial charge in [0.2, 0.25) is 10.0 Å². The number of carbonyl (C=O) groups is 1. The van der Waals surface area contributed by atoms with Gasteiger partial charge in [0.15, 0.2) is 6.54 Å². The second-order valence-electron chi connectivity index (χ2n) is 7.23. The minimum atomic E-state index is -3.58. The Balaban J connectivity index is 1.65. The zero-order chi connectivity index (χ0) is 21.0. The molecule has 0 aliphatic heterocycles. The highest BCUT2D eigenvalue weighted by molar-refractivity contribution is 7.89. The van der Waals surface area contributed by atoms with Crippen LogP contribution in [0.1, 0.15) is 11.1 Å². The Morgan fingerprint density at radius 1 is 1.00 bits per heavy atom. The van der Waals surface area contributed by atoms with Crippen molar-refractivity contribution in [3.63, 3.8) is 0 Å². The third-order valence-electron chi connectivity index (χ3n) is 4.81. The molecule has 0 saturated carbocycles. The summed E-state index contributed by atoms with van der Waals surface area (Å²) in [5, 5.41) is 5.17. The summed E-state index contributed by atoms with van der Waals surface area (Å²) in [6.45, 7) is 2.71. The van der Waals surface area contributed by atoms with Crippen LogP contribution >= 0.6 is 0 Å². The maximum atomic E-state index is 12.4. The first kappa shape index (κ1) is 21.0. The largest absolute Gasteiger partial charge is 0.326 e. The Kier molecular flexibility index (Phi) is 6.32. The molecule has 1 unspecified atom stereocenters. The van der Waals surface area contributed by atoms with Crippen LogP contribution in [0.15, 0.2) is 65.6 Å². The lowest BCUT2D eigenvalue weighted by atomic mass is 10.1. The van der Waals surface area contributed by atoms with Crippen LogP contribution in [0.25, 0.3) is 10.8 Å². The van der Waals surface area contributed by atoms with Crippen molar-refractivity contribution in [3.8, 4) is 0 Å². The molecule has 6 nitrogen and oxygen atoms in total. The molecule has 0 bridgehead atoms. The van der Waals surface area contributed by atoms with Crippen molar-refractivity contribution in [3.05, 3.63) is 71.8 Å². The number of sulfonamides is 1. The van der Waals surface area contributed by atoms with Crippen molar-refractivity contribution in [2.24, 2.45) is 0 Å². The van der Waals surface area contributed by atoms with Gasteiger partial charge in [-0.05, 0) is 48.5 Å². The number of carbonyl (C=O) groups excluding carboxylic acids is 1. The van der Waals surface area contributed by atoms with E-state index < -0.39 is 10.0 Å². The van der Waals surface area contributed by atoms with Gasteiger partial charge in [-0.1, -0.05) is 42.5 Å². The Hall–Kier alpha value is -2.74. The van der Waals surface area contributed by atoms with Gasteiger partial charge in [0.05, 0.1) is 11.9 Å². The van der Waals surface area contributed by atoms with Gasteiger partial charge in [-0.3, -0.25) is 4.79 Å². The normalized spacial score (nSPS) is 12.7. The first-order valence-corrected chi connectivity index (χ1v) is 10.9. The molecule has 7 heteroatoms. The Labute approximate surface area is 171 Å². The average molecular weight is 413 g/mol. The molecule has 0 spiro atoms. The summed E-state index contributed by atoms with van der Waals surface area (Å²) in [5.74, 6) is -0.167. The average Bonchev–Trinajstić information content (AvgIpc) is 2.69. The highest BCUT2D eigenvalue weighted by Gasteiger charge is 2.17. The van der Waals surface area contributed by atoms with Gasteiger partial charge in [-0.2, -0.15) is 0 Å². The van der Waals surface area contributed by atoms with E-state index in [2.05, 4.69) is 40.4 Å². The highest BCUT2D eigenvalue weighted by atomic mass is 32.2. The molecule has 3 aromatic carbocycles. The minimum absolute atomic E-state index is 0.162. The van der Waals surface area contributed by atoms with E-state index in [4.69, 9.17) is 0 Å². The van der Waals surface area contributed by atoms with Crippen LogP contribution in [0, 0.1) is 6.92 Å². The Morgan fingerprint density at radius 3 is 2.45 bits per heavy atom. The topological polar surface area (TPSA) is 79.7 Å². The van der Waals surface area contributed by atoms with E-state index in [0.29, 0.717) is 17.8 Å². The van der Waals surface area contributed by atoms with Gasteiger partial charge in [-0.15, -0.1) is 0 Å².